The Morgan fingerprint density at radius 1 is 1.43 bits per heavy atom. The highest BCUT2D eigenvalue weighted by atomic mass is 32.2. The summed E-state index contributed by atoms with van der Waals surface area (Å²) in [4.78, 5) is 1.15. The Kier molecular flexibility index (Phi) is 5.42. The van der Waals surface area contributed by atoms with Gasteiger partial charge in [-0.1, -0.05) is 6.92 Å². The van der Waals surface area contributed by atoms with Crippen molar-refractivity contribution in [2.75, 3.05) is 18.1 Å². The lowest BCUT2D eigenvalue weighted by atomic mass is 10.2. The maximum atomic E-state index is 12.3. The molecule has 0 saturated carbocycles. The van der Waals surface area contributed by atoms with Gasteiger partial charge in [-0.05, 0) is 25.5 Å². The first kappa shape index (κ1) is 16.9. The zero-order chi connectivity index (χ0) is 15.5. The Morgan fingerprint density at radius 3 is 2.86 bits per heavy atom. The Bertz CT molecular complexity index is 679. The average Bonchev–Trinajstić information content (AvgIpc) is 2.84. The number of hydrogen-bond acceptors (Lipinski definition) is 6. The molecule has 2 N–H and O–H groups in total. The van der Waals surface area contributed by atoms with E-state index in [4.69, 9.17) is 0 Å². The topological polar surface area (TPSA) is 92.3 Å². The van der Waals surface area contributed by atoms with Crippen LogP contribution in [0.15, 0.2) is 16.3 Å². The number of thiophene rings is 1. The number of rotatable bonds is 6. The zero-order valence-corrected chi connectivity index (χ0v) is 14.3. The molecule has 0 bridgehead atoms. The minimum atomic E-state index is -3.65. The minimum Gasteiger partial charge on any atom is -0.312 e. The molecule has 1 fully saturated rings. The van der Waals surface area contributed by atoms with Crippen molar-refractivity contribution in [3.05, 3.63) is 16.3 Å². The molecule has 1 aromatic rings. The summed E-state index contributed by atoms with van der Waals surface area (Å²) in [5, 5.41) is 4.73. The van der Waals surface area contributed by atoms with Crippen LogP contribution in [0, 0.1) is 0 Å². The Labute approximate surface area is 129 Å². The van der Waals surface area contributed by atoms with E-state index in [1.54, 1.807) is 11.4 Å². The van der Waals surface area contributed by atoms with Crippen LogP contribution in [0.4, 0.5) is 0 Å². The highest BCUT2D eigenvalue weighted by Gasteiger charge is 2.29. The van der Waals surface area contributed by atoms with Gasteiger partial charge >= 0.3 is 0 Å². The molecule has 2 heterocycles. The lowest BCUT2D eigenvalue weighted by Crippen LogP contribution is -2.43. The molecule has 0 amide bonds. The molecular formula is C12H20N2O4S3. The van der Waals surface area contributed by atoms with Crippen LogP contribution in [0.2, 0.25) is 0 Å². The van der Waals surface area contributed by atoms with Gasteiger partial charge in [-0.25, -0.2) is 21.6 Å². The fraction of sp³-hybridized carbons (Fsp3) is 0.667. The third-order valence-electron chi connectivity index (χ3n) is 3.27. The molecular weight excluding hydrogens is 332 g/mol. The normalized spacial score (nSPS) is 22.2. The molecule has 0 radical (unpaired) electrons. The van der Waals surface area contributed by atoms with Gasteiger partial charge in [0.1, 0.15) is 0 Å². The standard InChI is InChI=1S/C12H20N2O4S3/c1-2-13-7-11-6-12(8-19-11)21(17,18)14-10-4-3-5-20(15,16)9-10/h6,8,10,13-14H,2-5,7,9H2,1H3. The van der Waals surface area contributed by atoms with Crippen molar-refractivity contribution >= 4 is 31.2 Å². The fourth-order valence-corrected chi connectivity index (χ4v) is 6.50. The number of sulfone groups is 1. The molecule has 1 aliphatic rings. The van der Waals surface area contributed by atoms with Crippen molar-refractivity contribution in [3.63, 3.8) is 0 Å². The van der Waals surface area contributed by atoms with Gasteiger partial charge in [0.25, 0.3) is 0 Å². The molecule has 1 aliphatic heterocycles. The molecule has 0 aliphatic carbocycles. The molecule has 1 atom stereocenters. The van der Waals surface area contributed by atoms with Crippen LogP contribution in [0.25, 0.3) is 0 Å². The minimum absolute atomic E-state index is 0.111. The first-order valence-electron chi connectivity index (χ1n) is 6.83. The van der Waals surface area contributed by atoms with Gasteiger partial charge < -0.3 is 5.32 Å². The van der Waals surface area contributed by atoms with Crippen molar-refractivity contribution in [2.45, 2.75) is 37.2 Å². The molecule has 1 unspecified atom stereocenters. The quantitative estimate of drug-likeness (QED) is 0.787. The third kappa shape index (κ3) is 4.75. The van der Waals surface area contributed by atoms with Crippen molar-refractivity contribution in [1.29, 1.82) is 0 Å². The SMILES string of the molecule is CCNCc1cc(S(=O)(=O)NC2CCCS(=O)(=O)C2)cs1. The van der Waals surface area contributed by atoms with Gasteiger partial charge in [-0.15, -0.1) is 11.3 Å². The second-order valence-electron chi connectivity index (χ2n) is 5.10. The van der Waals surface area contributed by atoms with E-state index >= 15 is 0 Å². The highest BCUT2D eigenvalue weighted by Crippen LogP contribution is 2.21. The van der Waals surface area contributed by atoms with E-state index in [9.17, 15) is 16.8 Å². The van der Waals surface area contributed by atoms with Crippen LogP contribution in [0.1, 0.15) is 24.6 Å². The van der Waals surface area contributed by atoms with E-state index in [-0.39, 0.29) is 16.4 Å². The predicted molar refractivity (Wildman–Crippen MR) is 83.7 cm³/mol. The van der Waals surface area contributed by atoms with Crippen LogP contribution in [-0.2, 0) is 26.4 Å². The van der Waals surface area contributed by atoms with Crippen LogP contribution in [0.5, 0.6) is 0 Å². The number of nitrogens with one attached hydrogen (secondary N) is 2. The molecule has 0 aromatic carbocycles. The smallest absolute Gasteiger partial charge is 0.241 e. The van der Waals surface area contributed by atoms with Crippen molar-refractivity contribution in [3.8, 4) is 0 Å². The first-order valence-corrected chi connectivity index (χ1v) is 11.0. The monoisotopic (exact) mass is 352 g/mol. The molecule has 2 rings (SSSR count). The maximum absolute atomic E-state index is 12.3. The Morgan fingerprint density at radius 2 is 2.19 bits per heavy atom. The first-order chi connectivity index (χ1) is 9.82. The summed E-state index contributed by atoms with van der Waals surface area (Å²) in [5.41, 5.74) is 0. The Hall–Kier alpha value is -0.480. The zero-order valence-electron chi connectivity index (χ0n) is 11.8. The van der Waals surface area contributed by atoms with E-state index in [1.165, 1.54) is 11.3 Å². The summed E-state index contributed by atoms with van der Waals surface area (Å²) in [7, 11) is -6.77. The van der Waals surface area contributed by atoms with Crippen LogP contribution in [0.3, 0.4) is 0 Å². The summed E-state index contributed by atoms with van der Waals surface area (Å²) in [6, 6.07) is 1.11. The number of hydrogen-bond donors (Lipinski definition) is 2. The lowest BCUT2D eigenvalue weighted by Gasteiger charge is -2.22. The molecule has 0 spiro atoms. The van der Waals surface area contributed by atoms with Gasteiger partial charge in [0.05, 0.1) is 16.4 Å². The second-order valence-corrected chi connectivity index (χ2v) is 10.0. The van der Waals surface area contributed by atoms with E-state index < -0.39 is 25.9 Å². The van der Waals surface area contributed by atoms with E-state index in [0.717, 1.165) is 11.4 Å². The summed E-state index contributed by atoms with van der Waals surface area (Å²) >= 11 is 1.38. The van der Waals surface area contributed by atoms with Crippen molar-refractivity contribution in [1.82, 2.24) is 10.0 Å². The van der Waals surface area contributed by atoms with Gasteiger partial charge in [0, 0.05) is 22.8 Å². The van der Waals surface area contributed by atoms with Gasteiger partial charge in [-0.3, -0.25) is 0 Å². The maximum Gasteiger partial charge on any atom is 0.241 e. The fourth-order valence-electron chi connectivity index (χ4n) is 2.25. The summed E-state index contributed by atoms with van der Waals surface area (Å²) in [6.07, 6.45) is 1.07. The second kappa shape index (κ2) is 6.74. The van der Waals surface area contributed by atoms with Crippen LogP contribution in [-0.4, -0.2) is 40.9 Å². The molecule has 6 nitrogen and oxygen atoms in total. The molecule has 1 aromatic heterocycles. The van der Waals surface area contributed by atoms with E-state index in [1.807, 2.05) is 6.92 Å². The summed E-state index contributed by atoms with van der Waals surface area (Å²) in [5.74, 6) is 0.0388. The van der Waals surface area contributed by atoms with Crippen LogP contribution >= 0.6 is 11.3 Å². The average molecular weight is 353 g/mol. The molecule has 1 saturated heterocycles. The Balaban J connectivity index is 2.06. The lowest BCUT2D eigenvalue weighted by molar-refractivity contribution is 0.517. The predicted octanol–water partition coefficient (Wildman–Crippen LogP) is 0.713. The summed E-state index contributed by atoms with van der Waals surface area (Å²) in [6.45, 7) is 3.43. The van der Waals surface area contributed by atoms with Gasteiger partial charge in [0.2, 0.25) is 10.0 Å². The highest BCUT2D eigenvalue weighted by molar-refractivity contribution is 7.91. The summed E-state index contributed by atoms with van der Waals surface area (Å²) < 4.78 is 50.2. The van der Waals surface area contributed by atoms with E-state index in [0.29, 0.717) is 19.4 Å². The van der Waals surface area contributed by atoms with Crippen LogP contribution < -0.4 is 10.0 Å². The van der Waals surface area contributed by atoms with Crippen molar-refractivity contribution in [2.24, 2.45) is 0 Å². The van der Waals surface area contributed by atoms with Crippen molar-refractivity contribution < 1.29 is 16.8 Å². The third-order valence-corrected chi connectivity index (χ3v) is 7.68. The van der Waals surface area contributed by atoms with E-state index in [2.05, 4.69) is 10.0 Å². The molecule has 21 heavy (non-hydrogen) atoms. The van der Waals surface area contributed by atoms with Gasteiger partial charge in [0.15, 0.2) is 9.84 Å². The van der Waals surface area contributed by atoms with Gasteiger partial charge in [-0.2, -0.15) is 0 Å². The number of sulfonamides is 1. The molecule has 120 valence electrons. The largest absolute Gasteiger partial charge is 0.312 e. The molecule has 9 heteroatoms.